The van der Waals surface area contributed by atoms with Gasteiger partial charge in [-0.3, -0.25) is 9.69 Å². The van der Waals surface area contributed by atoms with Crippen LogP contribution < -0.4 is 0 Å². The fourth-order valence-corrected chi connectivity index (χ4v) is 3.77. The van der Waals surface area contributed by atoms with Crippen LogP contribution in [0.1, 0.15) is 47.5 Å². The van der Waals surface area contributed by atoms with E-state index >= 15 is 0 Å². The van der Waals surface area contributed by atoms with Gasteiger partial charge >= 0.3 is 0 Å². The first-order valence-corrected chi connectivity index (χ1v) is 8.58. The number of likely N-dealkylation sites (N-methyl/N-ethyl adjacent to an activating group) is 2. The van der Waals surface area contributed by atoms with Crippen LogP contribution in [-0.2, 0) is 9.53 Å². The second-order valence-electron chi connectivity index (χ2n) is 7.80. The Morgan fingerprint density at radius 2 is 2.14 bits per heavy atom. The van der Waals surface area contributed by atoms with E-state index in [4.69, 9.17) is 4.74 Å². The predicted octanol–water partition coefficient (Wildman–Crippen LogP) is 2.69. The normalized spacial score (nSPS) is 31.5. The molecule has 1 spiro atoms. The standard InChI is InChI=1S/C18H32N2O2/c1-7-20-13-18(22-17(4,5)16(20)21)10-8-15(9-11-18)19(6)12-14(2)3/h8,10,14-15H,7,9,11-13H2,1-6H3/t15-,18-/m1/s1. The van der Waals surface area contributed by atoms with E-state index in [0.717, 1.165) is 25.9 Å². The van der Waals surface area contributed by atoms with Crippen molar-refractivity contribution in [2.45, 2.75) is 64.7 Å². The second-order valence-corrected chi connectivity index (χ2v) is 7.80. The van der Waals surface area contributed by atoms with Crippen molar-refractivity contribution in [2.75, 3.05) is 26.7 Å². The van der Waals surface area contributed by atoms with Crippen molar-refractivity contribution in [3.8, 4) is 0 Å². The summed E-state index contributed by atoms with van der Waals surface area (Å²) in [4.78, 5) is 16.7. The Morgan fingerprint density at radius 1 is 1.45 bits per heavy atom. The van der Waals surface area contributed by atoms with Gasteiger partial charge in [0.25, 0.3) is 5.91 Å². The minimum absolute atomic E-state index is 0.105. The predicted molar refractivity (Wildman–Crippen MR) is 89.8 cm³/mol. The molecule has 0 aromatic carbocycles. The molecule has 22 heavy (non-hydrogen) atoms. The third-order valence-electron chi connectivity index (χ3n) is 4.81. The number of carbonyl (C=O) groups excluding carboxylic acids is 1. The number of rotatable bonds is 4. The summed E-state index contributed by atoms with van der Waals surface area (Å²) in [6.07, 6.45) is 6.56. The summed E-state index contributed by atoms with van der Waals surface area (Å²) < 4.78 is 6.26. The molecule has 1 amide bonds. The van der Waals surface area contributed by atoms with Crippen LogP contribution in [0.2, 0.25) is 0 Å². The fourth-order valence-electron chi connectivity index (χ4n) is 3.77. The van der Waals surface area contributed by atoms with Crippen LogP contribution in [0.3, 0.4) is 0 Å². The molecule has 4 nitrogen and oxygen atoms in total. The van der Waals surface area contributed by atoms with Gasteiger partial charge in [-0.25, -0.2) is 0 Å². The highest BCUT2D eigenvalue weighted by Gasteiger charge is 2.48. The Bertz CT molecular complexity index is 444. The van der Waals surface area contributed by atoms with Crippen LogP contribution in [0.4, 0.5) is 0 Å². The maximum Gasteiger partial charge on any atom is 0.254 e. The van der Waals surface area contributed by atoms with E-state index in [-0.39, 0.29) is 11.5 Å². The maximum atomic E-state index is 12.4. The third kappa shape index (κ3) is 3.54. The van der Waals surface area contributed by atoms with Crippen molar-refractivity contribution in [2.24, 2.45) is 5.92 Å². The molecule has 2 aliphatic rings. The number of carbonyl (C=O) groups is 1. The first-order valence-electron chi connectivity index (χ1n) is 8.58. The largest absolute Gasteiger partial charge is 0.353 e. The van der Waals surface area contributed by atoms with Gasteiger partial charge in [0, 0.05) is 19.1 Å². The quantitative estimate of drug-likeness (QED) is 0.749. The highest BCUT2D eigenvalue weighted by molar-refractivity contribution is 5.85. The molecule has 1 saturated heterocycles. The van der Waals surface area contributed by atoms with E-state index in [2.05, 4.69) is 37.9 Å². The summed E-state index contributed by atoms with van der Waals surface area (Å²) >= 11 is 0. The van der Waals surface area contributed by atoms with Gasteiger partial charge < -0.3 is 9.64 Å². The van der Waals surface area contributed by atoms with Crippen LogP contribution in [-0.4, -0.2) is 59.6 Å². The molecule has 0 N–H and O–H groups in total. The number of ether oxygens (including phenoxy) is 1. The zero-order valence-electron chi connectivity index (χ0n) is 15.1. The number of hydrogen-bond donors (Lipinski definition) is 0. The number of morpholine rings is 1. The molecule has 2 rings (SSSR count). The van der Waals surface area contributed by atoms with Crippen LogP contribution in [0.5, 0.6) is 0 Å². The minimum Gasteiger partial charge on any atom is -0.353 e. The topological polar surface area (TPSA) is 32.8 Å². The van der Waals surface area contributed by atoms with E-state index in [1.54, 1.807) is 0 Å². The van der Waals surface area contributed by atoms with Gasteiger partial charge in [0.15, 0.2) is 0 Å². The first-order chi connectivity index (χ1) is 10.2. The van der Waals surface area contributed by atoms with Gasteiger partial charge in [0.2, 0.25) is 0 Å². The lowest BCUT2D eigenvalue weighted by Crippen LogP contribution is -2.63. The highest BCUT2D eigenvalue weighted by atomic mass is 16.5. The average Bonchev–Trinajstić information content (AvgIpc) is 2.42. The number of nitrogens with zero attached hydrogens (tertiary/aromatic N) is 2. The van der Waals surface area contributed by atoms with Gasteiger partial charge in [-0.1, -0.05) is 26.0 Å². The van der Waals surface area contributed by atoms with Crippen molar-refractivity contribution < 1.29 is 9.53 Å². The maximum absolute atomic E-state index is 12.4. The molecule has 4 heteroatoms. The molecule has 0 radical (unpaired) electrons. The third-order valence-corrected chi connectivity index (χ3v) is 4.81. The lowest BCUT2D eigenvalue weighted by atomic mass is 9.84. The average molecular weight is 308 g/mol. The van der Waals surface area contributed by atoms with Gasteiger partial charge in [0.05, 0.1) is 6.54 Å². The van der Waals surface area contributed by atoms with Crippen LogP contribution >= 0.6 is 0 Å². The highest BCUT2D eigenvalue weighted by Crippen LogP contribution is 2.37. The zero-order valence-corrected chi connectivity index (χ0v) is 15.1. The van der Waals surface area contributed by atoms with Crippen LogP contribution in [0.15, 0.2) is 12.2 Å². The lowest BCUT2D eigenvalue weighted by molar-refractivity contribution is -0.197. The van der Waals surface area contributed by atoms with Gasteiger partial charge in [-0.15, -0.1) is 0 Å². The Kier molecular flexibility index (Phi) is 5.03. The summed E-state index contributed by atoms with van der Waals surface area (Å²) in [5.74, 6) is 0.778. The summed E-state index contributed by atoms with van der Waals surface area (Å²) in [7, 11) is 2.19. The number of amides is 1. The Hall–Kier alpha value is -0.870. The molecule has 1 aliphatic heterocycles. The Labute approximate surface area is 135 Å². The zero-order chi connectivity index (χ0) is 16.5. The molecule has 126 valence electrons. The first kappa shape index (κ1) is 17.5. The van der Waals surface area contributed by atoms with Crippen molar-refractivity contribution in [1.82, 2.24) is 9.80 Å². The van der Waals surface area contributed by atoms with E-state index in [0.29, 0.717) is 18.5 Å². The van der Waals surface area contributed by atoms with Crippen molar-refractivity contribution in [3.05, 3.63) is 12.2 Å². The SMILES string of the molecule is CCN1C[C@]2(C=C[C@@H](N(C)CC(C)C)CC2)OC(C)(C)C1=O. The van der Waals surface area contributed by atoms with Gasteiger partial charge in [-0.2, -0.15) is 0 Å². The monoisotopic (exact) mass is 308 g/mol. The molecule has 0 bridgehead atoms. The van der Waals surface area contributed by atoms with E-state index in [1.807, 2.05) is 25.7 Å². The smallest absolute Gasteiger partial charge is 0.254 e. The van der Waals surface area contributed by atoms with Crippen LogP contribution in [0, 0.1) is 5.92 Å². The summed E-state index contributed by atoms with van der Waals surface area (Å²) in [5, 5.41) is 0. The number of hydrogen-bond acceptors (Lipinski definition) is 3. The van der Waals surface area contributed by atoms with Gasteiger partial charge in [-0.05, 0) is 46.6 Å². The summed E-state index contributed by atoms with van der Waals surface area (Å²) in [6, 6.07) is 0.479. The lowest BCUT2D eigenvalue weighted by Gasteiger charge is -2.50. The van der Waals surface area contributed by atoms with Crippen molar-refractivity contribution in [1.29, 1.82) is 0 Å². The Balaban J connectivity index is 2.12. The fraction of sp³-hybridized carbons (Fsp3) is 0.833. The molecule has 2 atom stereocenters. The van der Waals surface area contributed by atoms with E-state index < -0.39 is 5.60 Å². The van der Waals surface area contributed by atoms with Gasteiger partial charge in [0.1, 0.15) is 11.2 Å². The molecule has 1 heterocycles. The molecular formula is C18H32N2O2. The molecule has 1 fully saturated rings. The molecule has 0 saturated carbocycles. The van der Waals surface area contributed by atoms with Crippen LogP contribution in [0.25, 0.3) is 0 Å². The molecule has 0 unspecified atom stereocenters. The van der Waals surface area contributed by atoms with E-state index in [9.17, 15) is 4.79 Å². The molecular weight excluding hydrogens is 276 g/mol. The Morgan fingerprint density at radius 3 is 2.64 bits per heavy atom. The van der Waals surface area contributed by atoms with E-state index in [1.165, 1.54) is 0 Å². The molecule has 0 aromatic heterocycles. The van der Waals surface area contributed by atoms with Crippen molar-refractivity contribution in [3.63, 3.8) is 0 Å². The molecule has 0 aromatic rings. The minimum atomic E-state index is -0.727. The summed E-state index contributed by atoms with van der Waals surface area (Å²) in [5.41, 5.74) is -1.03. The second kappa shape index (κ2) is 6.32. The van der Waals surface area contributed by atoms with Crippen molar-refractivity contribution >= 4 is 5.91 Å². The summed E-state index contributed by atoms with van der Waals surface area (Å²) in [6.45, 7) is 12.9. The molecule has 1 aliphatic carbocycles.